The molecular formula is C26H20N2O4. The number of aryl methyl sites for hydroxylation is 2. The van der Waals surface area contributed by atoms with Crippen molar-refractivity contribution >= 4 is 11.0 Å². The second-order valence-electron chi connectivity index (χ2n) is 7.69. The summed E-state index contributed by atoms with van der Waals surface area (Å²) in [5.74, 6) is 1.02. The molecule has 0 spiro atoms. The molecule has 0 aliphatic carbocycles. The van der Waals surface area contributed by atoms with Crippen molar-refractivity contribution in [2.24, 2.45) is 0 Å². The molecule has 2 aromatic heterocycles. The van der Waals surface area contributed by atoms with Gasteiger partial charge in [-0.15, -0.1) is 0 Å². The largest absolute Gasteiger partial charge is 0.485 e. The van der Waals surface area contributed by atoms with Crippen molar-refractivity contribution in [3.05, 3.63) is 99.9 Å². The van der Waals surface area contributed by atoms with Gasteiger partial charge >= 0.3 is 5.63 Å². The molecule has 0 fully saturated rings. The van der Waals surface area contributed by atoms with Crippen molar-refractivity contribution in [3.63, 3.8) is 0 Å². The lowest BCUT2D eigenvalue weighted by molar-refractivity contribution is 0.304. The van der Waals surface area contributed by atoms with Crippen molar-refractivity contribution < 1.29 is 13.7 Å². The second-order valence-corrected chi connectivity index (χ2v) is 7.69. The Morgan fingerprint density at radius 1 is 0.906 bits per heavy atom. The summed E-state index contributed by atoms with van der Waals surface area (Å²) >= 11 is 0. The van der Waals surface area contributed by atoms with Gasteiger partial charge in [0.1, 0.15) is 12.2 Å². The first-order valence-corrected chi connectivity index (χ1v) is 10.2. The summed E-state index contributed by atoms with van der Waals surface area (Å²) in [5, 5.41) is 4.71. The Morgan fingerprint density at radius 3 is 2.38 bits per heavy atom. The van der Waals surface area contributed by atoms with E-state index in [9.17, 15) is 4.79 Å². The zero-order valence-electron chi connectivity index (χ0n) is 17.7. The predicted octanol–water partition coefficient (Wildman–Crippen LogP) is 5.71. The summed E-state index contributed by atoms with van der Waals surface area (Å²) in [5.41, 5.74) is 4.18. The van der Waals surface area contributed by atoms with E-state index in [-0.39, 0.29) is 11.5 Å². The van der Waals surface area contributed by atoms with E-state index in [1.165, 1.54) is 5.56 Å². The number of aromatic nitrogens is 2. The fourth-order valence-electron chi connectivity index (χ4n) is 3.38. The summed E-state index contributed by atoms with van der Waals surface area (Å²) in [6.07, 6.45) is 0. The van der Waals surface area contributed by atoms with Gasteiger partial charge in [-0.2, -0.15) is 4.98 Å². The minimum absolute atomic E-state index is 0.113. The van der Waals surface area contributed by atoms with Crippen LogP contribution in [0, 0.1) is 13.8 Å². The van der Waals surface area contributed by atoms with Crippen LogP contribution in [0.3, 0.4) is 0 Å². The Morgan fingerprint density at radius 2 is 1.62 bits per heavy atom. The molecule has 0 atom stereocenters. The van der Waals surface area contributed by atoms with Crippen LogP contribution in [-0.2, 0) is 6.61 Å². The van der Waals surface area contributed by atoms with Gasteiger partial charge in [-0.1, -0.05) is 76.9 Å². The normalized spacial score (nSPS) is 11.1. The van der Waals surface area contributed by atoms with Gasteiger partial charge in [0.15, 0.2) is 11.3 Å². The van der Waals surface area contributed by atoms with Gasteiger partial charge in [0.05, 0.1) is 0 Å². The van der Waals surface area contributed by atoms with Crippen molar-refractivity contribution in [1.82, 2.24) is 10.1 Å². The topological polar surface area (TPSA) is 78.4 Å². The van der Waals surface area contributed by atoms with Crippen LogP contribution in [0.15, 0.2) is 86.5 Å². The van der Waals surface area contributed by atoms with E-state index in [0.717, 1.165) is 16.7 Å². The van der Waals surface area contributed by atoms with Gasteiger partial charge in [0.2, 0.25) is 5.82 Å². The van der Waals surface area contributed by atoms with Crippen LogP contribution >= 0.6 is 0 Å². The lowest BCUT2D eigenvalue weighted by Gasteiger charge is -2.09. The first-order chi connectivity index (χ1) is 15.6. The number of benzene rings is 3. The molecule has 0 aliphatic rings. The minimum atomic E-state index is -0.567. The van der Waals surface area contributed by atoms with Crippen molar-refractivity contribution in [1.29, 1.82) is 0 Å². The van der Waals surface area contributed by atoms with Gasteiger partial charge in [0, 0.05) is 10.9 Å². The monoisotopic (exact) mass is 424 g/mol. The quantitative estimate of drug-likeness (QED) is 0.337. The average molecular weight is 424 g/mol. The highest BCUT2D eigenvalue weighted by Crippen LogP contribution is 2.29. The zero-order valence-corrected chi connectivity index (χ0v) is 17.7. The van der Waals surface area contributed by atoms with Crippen molar-refractivity contribution in [2.45, 2.75) is 20.5 Å². The zero-order chi connectivity index (χ0) is 22.1. The van der Waals surface area contributed by atoms with Gasteiger partial charge < -0.3 is 13.7 Å². The summed E-state index contributed by atoms with van der Waals surface area (Å²) in [6, 6.07) is 23.0. The molecule has 0 radical (unpaired) electrons. The molecule has 0 N–H and O–H groups in total. The second kappa shape index (κ2) is 8.15. The van der Waals surface area contributed by atoms with Crippen LogP contribution in [0.2, 0.25) is 0 Å². The fraction of sp³-hybridized carbons (Fsp3) is 0.115. The molecule has 0 amide bonds. The molecule has 32 heavy (non-hydrogen) atoms. The Bertz CT molecular complexity index is 1450. The highest BCUT2D eigenvalue weighted by Gasteiger charge is 2.17. The van der Waals surface area contributed by atoms with E-state index in [1.807, 2.05) is 74.5 Å². The summed E-state index contributed by atoms with van der Waals surface area (Å²) in [6.45, 7) is 4.41. The molecule has 0 saturated heterocycles. The number of hydrogen-bond acceptors (Lipinski definition) is 6. The number of nitrogens with zero attached hydrogens (tertiary/aromatic N) is 2. The first-order valence-electron chi connectivity index (χ1n) is 10.2. The van der Waals surface area contributed by atoms with Gasteiger partial charge in [-0.05, 0) is 31.5 Å². The summed E-state index contributed by atoms with van der Waals surface area (Å²) in [7, 11) is 0. The van der Waals surface area contributed by atoms with Crippen LogP contribution in [0.1, 0.15) is 16.7 Å². The average Bonchev–Trinajstić information content (AvgIpc) is 3.29. The maximum atomic E-state index is 12.7. The van der Waals surface area contributed by atoms with Gasteiger partial charge in [-0.3, -0.25) is 0 Å². The van der Waals surface area contributed by atoms with E-state index in [0.29, 0.717) is 29.2 Å². The minimum Gasteiger partial charge on any atom is -0.485 e. The Labute approximate surface area is 184 Å². The van der Waals surface area contributed by atoms with Crippen LogP contribution in [-0.4, -0.2) is 10.1 Å². The Hall–Kier alpha value is -4.19. The third-order valence-corrected chi connectivity index (χ3v) is 5.21. The maximum absolute atomic E-state index is 12.7. The van der Waals surface area contributed by atoms with E-state index in [1.54, 1.807) is 12.1 Å². The lowest BCUT2D eigenvalue weighted by Crippen LogP contribution is -2.04. The highest BCUT2D eigenvalue weighted by atomic mass is 16.5. The molecule has 2 heterocycles. The van der Waals surface area contributed by atoms with E-state index in [2.05, 4.69) is 10.1 Å². The van der Waals surface area contributed by atoms with E-state index < -0.39 is 5.63 Å². The Balaban J connectivity index is 1.46. The molecule has 3 aromatic carbocycles. The smallest absolute Gasteiger partial charge is 0.349 e. The molecule has 0 saturated carbocycles. The highest BCUT2D eigenvalue weighted by molar-refractivity contribution is 5.85. The fourth-order valence-corrected chi connectivity index (χ4v) is 3.38. The number of para-hydroxylation sites is 1. The molecule has 6 heteroatoms. The molecule has 5 aromatic rings. The van der Waals surface area contributed by atoms with Crippen LogP contribution in [0.4, 0.5) is 0 Å². The van der Waals surface area contributed by atoms with Gasteiger partial charge in [-0.25, -0.2) is 4.79 Å². The summed E-state index contributed by atoms with van der Waals surface area (Å²) < 4.78 is 16.9. The number of rotatable bonds is 5. The third-order valence-electron chi connectivity index (χ3n) is 5.21. The molecule has 158 valence electrons. The van der Waals surface area contributed by atoms with E-state index in [4.69, 9.17) is 13.7 Å². The van der Waals surface area contributed by atoms with E-state index >= 15 is 0 Å². The molecule has 0 unspecified atom stereocenters. The molecular weight excluding hydrogens is 404 g/mol. The molecule has 5 rings (SSSR count). The number of ether oxygens (including phenoxy) is 1. The maximum Gasteiger partial charge on any atom is 0.349 e. The molecule has 0 aliphatic heterocycles. The predicted molar refractivity (Wildman–Crippen MR) is 121 cm³/mol. The molecule has 0 bridgehead atoms. The van der Waals surface area contributed by atoms with Crippen LogP contribution in [0.25, 0.3) is 33.8 Å². The lowest BCUT2D eigenvalue weighted by atomic mass is 10.1. The van der Waals surface area contributed by atoms with Crippen LogP contribution < -0.4 is 10.4 Å². The SMILES string of the molecule is Cc1ccc(COc2cccc3cc(-c4nc(-c5ccc(C)cc5)no4)c(=O)oc23)cc1. The third kappa shape index (κ3) is 3.90. The Kier molecular flexibility index (Phi) is 5.03. The number of hydrogen-bond donors (Lipinski definition) is 0. The molecule has 6 nitrogen and oxygen atoms in total. The standard InChI is InChI=1S/C26H20N2O4/c1-16-6-10-18(11-7-16)15-30-22-5-3-4-20-14-21(26(29)31-23(20)22)25-27-24(28-32-25)19-12-8-17(2)9-13-19/h3-14H,15H2,1-2H3. The first kappa shape index (κ1) is 19.8. The van der Waals surface area contributed by atoms with Crippen molar-refractivity contribution in [3.8, 4) is 28.6 Å². The van der Waals surface area contributed by atoms with Crippen molar-refractivity contribution in [2.75, 3.05) is 0 Å². The number of fused-ring (bicyclic) bond motifs is 1. The summed E-state index contributed by atoms with van der Waals surface area (Å²) in [4.78, 5) is 17.1. The van der Waals surface area contributed by atoms with Crippen LogP contribution in [0.5, 0.6) is 5.75 Å². The van der Waals surface area contributed by atoms with Gasteiger partial charge in [0.25, 0.3) is 5.89 Å².